The van der Waals surface area contributed by atoms with Crippen LogP contribution in [-0.2, 0) is 0 Å². The van der Waals surface area contributed by atoms with Crippen molar-refractivity contribution in [3.05, 3.63) is 46.8 Å². The van der Waals surface area contributed by atoms with Crippen molar-refractivity contribution in [1.29, 1.82) is 0 Å². The van der Waals surface area contributed by atoms with Crippen molar-refractivity contribution in [3.8, 4) is 22.8 Å². The molecule has 1 N–H and O–H groups in total. The second-order valence-electron chi connectivity index (χ2n) is 3.96. The zero-order valence-corrected chi connectivity index (χ0v) is 11.1. The highest BCUT2D eigenvalue weighted by molar-refractivity contribution is 5.63. The Kier molecular flexibility index (Phi) is 4.23. The molecule has 0 atom stereocenters. The number of aromatic nitrogens is 1. The van der Waals surface area contributed by atoms with Gasteiger partial charge in [0.2, 0.25) is 5.56 Å². The Morgan fingerprint density at radius 2 is 1.74 bits per heavy atom. The van der Waals surface area contributed by atoms with Crippen molar-refractivity contribution in [3.63, 3.8) is 0 Å². The number of hydrogen-bond donors (Lipinski definition) is 1. The molecule has 0 aliphatic carbocycles. The Morgan fingerprint density at radius 1 is 1.00 bits per heavy atom. The summed E-state index contributed by atoms with van der Waals surface area (Å²) in [5.74, 6) is 1.40. The Hall–Kier alpha value is -2.23. The molecule has 0 radical (unpaired) electrons. The minimum atomic E-state index is -0.121. The molecule has 1 aromatic heterocycles. The maximum absolute atomic E-state index is 11.3. The predicted octanol–water partition coefficient (Wildman–Crippen LogP) is 2.84. The van der Waals surface area contributed by atoms with Crippen molar-refractivity contribution < 1.29 is 9.47 Å². The van der Waals surface area contributed by atoms with Gasteiger partial charge in [-0.2, -0.15) is 0 Å². The summed E-state index contributed by atoms with van der Waals surface area (Å²) in [6, 6.07) is 10.7. The van der Waals surface area contributed by atoms with Gasteiger partial charge in [-0.05, 0) is 38.1 Å². The van der Waals surface area contributed by atoms with E-state index in [1.807, 2.05) is 38.1 Å². The molecule has 2 rings (SSSR count). The fourth-order valence-corrected chi connectivity index (χ4v) is 1.83. The summed E-state index contributed by atoms with van der Waals surface area (Å²) in [5.41, 5.74) is 1.53. The Morgan fingerprint density at radius 3 is 2.42 bits per heavy atom. The standard InChI is InChI=1S/C15H17NO3/c1-3-18-13-9-8-11(10-14(13)19-4-2)12-6-5-7-15(17)16-12/h5-10H,3-4H2,1-2H3,(H,16,17). The lowest BCUT2D eigenvalue weighted by Crippen LogP contribution is -2.04. The van der Waals surface area contributed by atoms with E-state index in [1.54, 1.807) is 6.07 Å². The number of rotatable bonds is 5. The molecule has 0 aliphatic heterocycles. The molecule has 2 aromatic rings. The van der Waals surface area contributed by atoms with Crippen LogP contribution in [0.25, 0.3) is 11.3 Å². The minimum absolute atomic E-state index is 0.121. The van der Waals surface area contributed by atoms with E-state index < -0.39 is 0 Å². The summed E-state index contributed by atoms with van der Waals surface area (Å²) < 4.78 is 11.1. The van der Waals surface area contributed by atoms with Gasteiger partial charge in [-0.1, -0.05) is 6.07 Å². The quantitative estimate of drug-likeness (QED) is 0.898. The molecule has 0 spiro atoms. The van der Waals surface area contributed by atoms with E-state index in [-0.39, 0.29) is 5.56 Å². The second kappa shape index (κ2) is 6.09. The average molecular weight is 259 g/mol. The lowest BCUT2D eigenvalue weighted by molar-refractivity contribution is 0.288. The van der Waals surface area contributed by atoms with Crippen LogP contribution in [0.3, 0.4) is 0 Å². The van der Waals surface area contributed by atoms with E-state index >= 15 is 0 Å². The topological polar surface area (TPSA) is 51.3 Å². The van der Waals surface area contributed by atoms with E-state index in [2.05, 4.69) is 4.98 Å². The molecule has 100 valence electrons. The van der Waals surface area contributed by atoms with E-state index in [0.29, 0.717) is 24.7 Å². The van der Waals surface area contributed by atoms with Crippen LogP contribution in [-0.4, -0.2) is 18.2 Å². The van der Waals surface area contributed by atoms with Gasteiger partial charge in [-0.25, -0.2) is 0 Å². The molecular formula is C15H17NO3. The molecule has 0 bridgehead atoms. The third-order valence-corrected chi connectivity index (χ3v) is 2.62. The molecule has 0 fully saturated rings. The predicted molar refractivity (Wildman–Crippen MR) is 74.8 cm³/mol. The Bertz CT molecular complexity index is 604. The molecular weight excluding hydrogens is 242 g/mol. The molecule has 1 heterocycles. The fourth-order valence-electron chi connectivity index (χ4n) is 1.83. The zero-order chi connectivity index (χ0) is 13.7. The maximum atomic E-state index is 11.3. The largest absolute Gasteiger partial charge is 0.490 e. The normalized spacial score (nSPS) is 10.2. The van der Waals surface area contributed by atoms with Crippen molar-refractivity contribution in [1.82, 2.24) is 4.98 Å². The number of H-pyrrole nitrogens is 1. The number of benzene rings is 1. The van der Waals surface area contributed by atoms with Crippen molar-refractivity contribution in [2.75, 3.05) is 13.2 Å². The first-order valence-corrected chi connectivity index (χ1v) is 6.34. The van der Waals surface area contributed by atoms with Gasteiger partial charge in [-0.3, -0.25) is 4.79 Å². The number of pyridine rings is 1. The molecule has 0 aliphatic rings. The van der Waals surface area contributed by atoms with Gasteiger partial charge in [0.05, 0.1) is 13.2 Å². The molecule has 0 unspecified atom stereocenters. The van der Waals surface area contributed by atoms with E-state index in [4.69, 9.17) is 9.47 Å². The van der Waals surface area contributed by atoms with Gasteiger partial charge < -0.3 is 14.5 Å². The van der Waals surface area contributed by atoms with Crippen LogP contribution in [0, 0.1) is 0 Å². The average Bonchev–Trinajstić information content (AvgIpc) is 2.41. The fraction of sp³-hybridized carbons (Fsp3) is 0.267. The number of hydrogen-bond acceptors (Lipinski definition) is 3. The lowest BCUT2D eigenvalue weighted by atomic mass is 10.1. The highest BCUT2D eigenvalue weighted by Gasteiger charge is 2.07. The molecule has 19 heavy (non-hydrogen) atoms. The first-order chi connectivity index (χ1) is 9.24. The first kappa shape index (κ1) is 13.2. The van der Waals surface area contributed by atoms with Crippen LogP contribution in [0.2, 0.25) is 0 Å². The number of nitrogens with one attached hydrogen (secondary N) is 1. The van der Waals surface area contributed by atoms with Gasteiger partial charge in [0, 0.05) is 17.3 Å². The lowest BCUT2D eigenvalue weighted by Gasteiger charge is -2.12. The van der Waals surface area contributed by atoms with Gasteiger partial charge in [-0.15, -0.1) is 0 Å². The van der Waals surface area contributed by atoms with Crippen LogP contribution in [0.1, 0.15) is 13.8 Å². The van der Waals surface area contributed by atoms with Gasteiger partial charge in [0.25, 0.3) is 0 Å². The van der Waals surface area contributed by atoms with Crippen LogP contribution in [0.5, 0.6) is 11.5 Å². The first-order valence-electron chi connectivity index (χ1n) is 6.34. The SMILES string of the molecule is CCOc1ccc(-c2cccc(=O)[nH]2)cc1OCC. The highest BCUT2D eigenvalue weighted by atomic mass is 16.5. The van der Waals surface area contributed by atoms with Gasteiger partial charge >= 0.3 is 0 Å². The second-order valence-corrected chi connectivity index (χ2v) is 3.96. The third-order valence-electron chi connectivity index (χ3n) is 2.62. The third kappa shape index (κ3) is 3.16. The molecule has 0 saturated carbocycles. The van der Waals surface area contributed by atoms with Crippen LogP contribution in [0.4, 0.5) is 0 Å². The highest BCUT2D eigenvalue weighted by Crippen LogP contribution is 2.31. The minimum Gasteiger partial charge on any atom is -0.490 e. The summed E-state index contributed by atoms with van der Waals surface area (Å²) in [5, 5.41) is 0. The smallest absolute Gasteiger partial charge is 0.248 e. The Labute approximate surface area is 112 Å². The van der Waals surface area contributed by atoms with Crippen molar-refractivity contribution >= 4 is 0 Å². The summed E-state index contributed by atoms with van der Waals surface area (Å²) in [7, 11) is 0. The van der Waals surface area contributed by atoms with E-state index in [1.165, 1.54) is 6.07 Å². The summed E-state index contributed by atoms with van der Waals surface area (Å²) in [6.45, 7) is 5.00. The van der Waals surface area contributed by atoms with E-state index in [0.717, 1.165) is 11.3 Å². The van der Waals surface area contributed by atoms with Crippen LogP contribution < -0.4 is 15.0 Å². The van der Waals surface area contributed by atoms with Crippen LogP contribution in [0.15, 0.2) is 41.2 Å². The zero-order valence-electron chi connectivity index (χ0n) is 11.1. The summed E-state index contributed by atoms with van der Waals surface area (Å²) in [6.07, 6.45) is 0. The Balaban J connectivity index is 2.42. The van der Waals surface area contributed by atoms with Gasteiger partial charge in [0.15, 0.2) is 11.5 Å². The number of ether oxygens (including phenoxy) is 2. The van der Waals surface area contributed by atoms with Gasteiger partial charge in [0.1, 0.15) is 0 Å². The number of aromatic amines is 1. The monoisotopic (exact) mass is 259 g/mol. The van der Waals surface area contributed by atoms with Crippen LogP contribution >= 0.6 is 0 Å². The molecule has 4 heteroatoms. The molecule has 4 nitrogen and oxygen atoms in total. The molecule has 0 amide bonds. The summed E-state index contributed by atoms with van der Waals surface area (Å²) in [4.78, 5) is 14.1. The molecule has 1 aromatic carbocycles. The maximum Gasteiger partial charge on any atom is 0.248 e. The van der Waals surface area contributed by atoms with Crippen molar-refractivity contribution in [2.45, 2.75) is 13.8 Å². The van der Waals surface area contributed by atoms with E-state index in [9.17, 15) is 4.79 Å². The molecule has 0 saturated heterocycles. The summed E-state index contributed by atoms with van der Waals surface area (Å²) >= 11 is 0. The van der Waals surface area contributed by atoms with Crippen molar-refractivity contribution in [2.24, 2.45) is 0 Å².